The fourth-order valence-corrected chi connectivity index (χ4v) is 1.22. The Bertz CT molecular complexity index is 481. The third-order valence-corrected chi connectivity index (χ3v) is 1.98. The Balaban J connectivity index is 2.21. The maximum atomic E-state index is 11.8. The van der Waals surface area contributed by atoms with Crippen LogP contribution in [0.5, 0.6) is 0 Å². The monoisotopic (exact) mass is 218 g/mol. The molecule has 5 N–H and O–H groups in total. The second-order valence-electron chi connectivity index (χ2n) is 3.01. The van der Waals surface area contributed by atoms with Crippen LogP contribution in [0.3, 0.4) is 0 Å². The number of hydrogen-bond donors (Lipinski definition) is 4. The molecule has 0 aliphatic rings. The molecule has 7 heteroatoms. The van der Waals surface area contributed by atoms with E-state index >= 15 is 0 Å². The van der Waals surface area contributed by atoms with Crippen molar-refractivity contribution < 1.29 is 4.79 Å². The van der Waals surface area contributed by atoms with E-state index in [1.54, 1.807) is 18.5 Å². The largest absolute Gasteiger partial charge is 0.323 e. The van der Waals surface area contributed by atoms with Crippen molar-refractivity contribution in [3.05, 3.63) is 36.4 Å². The number of amides is 1. The summed E-state index contributed by atoms with van der Waals surface area (Å²) in [5.74, 6) is 4.98. The quantitative estimate of drug-likeness (QED) is 0.439. The molecular formula is C9H10N6O. The summed E-state index contributed by atoms with van der Waals surface area (Å²) in [4.78, 5) is 15.7. The molecule has 0 saturated heterocycles. The van der Waals surface area contributed by atoms with Crippen molar-refractivity contribution in [2.24, 2.45) is 5.84 Å². The molecule has 1 amide bonds. The highest BCUT2D eigenvalue weighted by Crippen LogP contribution is 2.14. The number of nitrogen functional groups attached to an aromatic ring is 1. The van der Waals surface area contributed by atoms with E-state index in [0.29, 0.717) is 16.9 Å². The molecule has 82 valence electrons. The lowest BCUT2D eigenvalue weighted by Gasteiger charge is -2.07. The van der Waals surface area contributed by atoms with Gasteiger partial charge in [0, 0.05) is 18.6 Å². The minimum atomic E-state index is -0.303. The van der Waals surface area contributed by atoms with Gasteiger partial charge in [-0.25, -0.2) is 0 Å². The van der Waals surface area contributed by atoms with E-state index in [1.807, 2.05) is 0 Å². The summed E-state index contributed by atoms with van der Waals surface area (Å²) in [6.07, 6.45) is 6.06. The van der Waals surface area contributed by atoms with Gasteiger partial charge < -0.3 is 10.7 Å². The van der Waals surface area contributed by atoms with Gasteiger partial charge in [-0.15, -0.1) is 0 Å². The Morgan fingerprint density at radius 3 is 3.00 bits per heavy atom. The standard InChI is InChI=1S/C9H10N6O/c10-15-8-1-2-11-5-7(8)9(16)14-6-3-12-13-4-6/h1-5H,10H2,(H,11,15)(H,12,13)(H,14,16). The first kappa shape index (κ1) is 10.1. The van der Waals surface area contributed by atoms with Crippen molar-refractivity contribution in [1.29, 1.82) is 0 Å². The van der Waals surface area contributed by atoms with Crippen molar-refractivity contribution in [3.8, 4) is 0 Å². The van der Waals surface area contributed by atoms with E-state index in [2.05, 4.69) is 25.9 Å². The fraction of sp³-hybridized carbons (Fsp3) is 0. The number of aromatic nitrogens is 3. The summed E-state index contributed by atoms with van der Waals surface area (Å²) in [5.41, 5.74) is 3.89. The first-order valence-electron chi connectivity index (χ1n) is 4.52. The Labute approximate surface area is 91.0 Å². The van der Waals surface area contributed by atoms with E-state index in [0.717, 1.165) is 0 Å². The van der Waals surface area contributed by atoms with Crippen LogP contribution in [0, 0.1) is 0 Å². The van der Waals surface area contributed by atoms with Crippen LogP contribution >= 0.6 is 0 Å². The first-order chi connectivity index (χ1) is 7.81. The van der Waals surface area contributed by atoms with Crippen LogP contribution in [-0.2, 0) is 0 Å². The fourth-order valence-electron chi connectivity index (χ4n) is 1.22. The molecular weight excluding hydrogens is 208 g/mol. The van der Waals surface area contributed by atoms with E-state index in [-0.39, 0.29) is 5.91 Å². The molecule has 0 aromatic carbocycles. The highest BCUT2D eigenvalue weighted by molar-refractivity contribution is 6.07. The summed E-state index contributed by atoms with van der Waals surface area (Å²) in [5, 5.41) is 8.95. The van der Waals surface area contributed by atoms with Crippen LogP contribution in [0.4, 0.5) is 11.4 Å². The van der Waals surface area contributed by atoms with E-state index in [9.17, 15) is 4.79 Å². The van der Waals surface area contributed by atoms with Crippen LogP contribution in [0.1, 0.15) is 10.4 Å². The molecule has 0 radical (unpaired) electrons. The van der Waals surface area contributed by atoms with Gasteiger partial charge in [0.05, 0.1) is 23.1 Å². The number of carbonyl (C=O) groups excluding carboxylic acids is 1. The number of nitrogens with zero attached hydrogens (tertiary/aromatic N) is 2. The molecule has 0 fully saturated rings. The second kappa shape index (κ2) is 4.41. The minimum absolute atomic E-state index is 0.303. The summed E-state index contributed by atoms with van der Waals surface area (Å²) in [7, 11) is 0. The number of nitrogens with two attached hydrogens (primary N) is 1. The molecule has 0 atom stereocenters. The van der Waals surface area contributed by atoms with Crippen LogP contribution in [0.2, 0.25) is 0 Å². The summed E-state index contributed by atoms with van der Waals surface area (Å²) >= 11 is 0. The zero-order valence-corrected chi connectivity index (χ0v) is 8.27. The van der Waals surface area contributed by atoms with Crippen molar-refractivity contribution in [3.63, 3.8) is 0 Å². The third-order valence-electron chi connectivity index (χ3n) is 1.98. The van der Waals surface area contributed by atoms with E-state index in [1.165, 1.54) is 12.4 Å². The third kappa shape index (κ3) is 1.98. The molecule has 2 aromatic rings. The molecule has 2 rings (SSSR count). The van der Waals surface area contributed by atoms with E-state index in [4.69, 9.17) is 5.84 Å². The number of rotatable bonds is 3. The first-order valence-corrected chi connectivity index (χ1v) is 4.52. The average molecular weight is 218 g/mol. The van der Waals surface area contributed by atoms with Crippen molar-refractivity contribution >= 4 is 17.3 Å². The molecule has 0 aliphatic carbocycles. The number of aromatic amines is 1. The summed E-state index contributed by atoms with van der Waals surface area (Å²) in [6, 6.07) is 1.62. The lowest BCUT2D eigenvalue weighted by molar-refractivity contribution is 0.102. The number of anilines is 2. The molecule has 0 aliphatic heterocycles. The van der Waals surface area contributed by atoms with Gasteiger partial charge in [0.1, 0.15) is 0 Å². The van der Waals surface area contributed by atoms with Gasteiger partial charge in [0.15, 0.2) is 0 Å². The van der Waals surface area contributed by atoms with Gasteiger partial charge in [-0.05, 0) is 6.07 Å². The smallest absolute Gasteiger partial charge is 0.259 e. The maximum Gasteiger partial charge on any atom is 0.259 e. The number of H-pyrrole nitrogens is 1. The van der Waals surface area contributed by atoms with Crippen LogP contribution in [0.25, 0.3) is 0 Å². The normalized spacial score (nSPS) is 9.81. The van der Waals surface area contributed by atoms with Gasteiger partial charge in [-0.1, -0.05) is 0 Å². The molecule has 0 spiro atoms. The van der Waals surface area contributed by atoms with Crippen LogP contribution in [0.15, 0.2) is 30.9 Å². The summed E-state index contributed by atoms with van der Waals surface area (Å²) < 4.78 is 0. The average Bonchev–Trinajstić information content (AvgIpc) is 2.81. The van der Waals surface area contributed by atoms with Crippen LogP contribution in [-0.4, -0.2) is 21.1 Å². The number of hydrazine groups is 1. The number of hydrogen-bond acceptors (Lipinski definition) is 5. The SMILES string of the molecule is NNc1ccncc1C(=O)Nc1cn[nH]c1. The Morgan fingerprint density at radius 1 is 1.44 bits per heavy atom. The highest BCUT2D eigenvalue weighted by atomic mass is 16.1. The molecule has 0 bridgehead atoms. The molecule has 2 aromatic heterocycles. The molecule has 0 unspecified atom stereocenters. The lowest BCUT2D eigenvalue weighted by atomic mass is 10.2. The van der Waals surface area contributed by atoms with Crippen molar-refractivity contribution in [1.82, 2.24) is 15.2 Å². The maximum absolute atomic E-state index is 11.8. The predicted molar refractivity (Wildman–Crippen MR) is 58.6 cm³/mol. The summed E-state index contributed by atoms with van der Waals surface area (Å²) in [6.45, 7) is 0. The molecule has 16 heavy (non-hydrogen) atoms. The van der Waals surface area contributed by atoms with E-state index < -0.39 is 0 Å². The Morgan fingerprint density at radius 2 is 2.31 bits per heavy atom. The van der Waals surface area contributed by atoms with Gasteiger partial charge in [0.25, 0.3) is 5.91 Å². The Kier molecular flexibility index (Phi) is 2.79. The zero-order chi connectivity index (χ0) is 11.4. The molecule has 2 heterocycles. The molecule has 7 nitrogen and oxygen atoms in total. The van der Waals surface area contributed by atoms with Gasteiger partial charge in [-0.3, -0.25) is 20.7 Å². The Hall–Kier alpha value is -2.41. The van der Waals surface area contributed by atoms with Crippen molar-refractivity contribution in [2.75, 3.05) is 10.7 Å². The second-order valence-corrected chi connectivity index (χ2v) is 3.01. The predicted octanol–water partition coefficient (Wildman–Crippen LogP) is 0.343. The molecule has 0 saturated carbocycles. The minimum Gasteiger partial charge on any atom is -0.323 e. The van der Waals surface area contributed by atoms with Crippen molar-refractivity contribution in [2.45, 2.75) is 0 Å². The topological polar surface area (TPSA) is 109 Å². The van der Waals surface area contributed by atoms with Gasteiger partial charge >= 0.3 is 0 Å². The highest BCUT2D eigenvalue weighted by Gasteiger charge is 2.11. The van der Waals surface area contributed by atoms with Gasteiger partial charge in [-0.2, -0.15) is 5.10 Å². The number of nitrogens with one attached hydrogen (secondary N) is 3. The zero-order valence-electron chi connectivity index (χ0n) is 8.27. The lowest BCUT2D eigenvalue weighted by Crippen LogP contribution is -2.17. The van der Waals surface area contributed by atoms with Gasteiger partial charge in [0.2, 0.25) is 0 Å². The van der Waals surface area contributed by atoms with Crippen LogP contribution < -0.4 is 16.6 Å². The number of carbonyl (C=O) groups is 1. The number of pyridine rings is 1.